The average Bonchev–Trinajstić information content (AvgIpc) is 2.78. The van der Waals surface area contributed by atoms with E-state index < -0.39 is 16.8 Å². The Balaban J connectivity index is 2.48. The van der Waals surface area contributed by atoms with Gasteiger partial charge in [0.1, 0.15) is 17.2 Å². The van der Waals surface area contributed by atoms with Crippen molar-refractivity contribution in [2.75, 3.05) is 0 Å². The lowest BCUT2D eigenvalue weighted by Crippen LogP contribution is -2.00. The van der Waals surface area contributed by atoms with Crippen molar-refractivity contribution in [2.24, 2.45) is 0 Å². The molecule has 0 aliphatic carbocycles. The maximum Gasteiger partial charge on any atom is 0.271 e. The standard InChI is InChI=1S/C10H9FN4O3/c1-6(16)9-5-14(13-12-9)10-4-7(15(17)18)2-3-8(10)11/h2-6,16H,1H3. The van der Waals surface area contributed by atoms with Gasteiger partial charge in [0.15, 0.2) is 0 Å². The summed E-state index contributed by atoms with van der Waals surface area (Å²) in [7, 11) is 0. The molecule has 0 saturated carbocycles. The van der Waals surface area contributed by atoms with Gasteiger partial charge in [0.05, 0.1) is 17.2 Å². The highest BCUT2D eigenvalue weighted by molar-refractivity contribution is 5.43. The summed E-state index contributed by atoms with van der Waals surface area (Å²) in [5, 5.41) is 27.1. The molecule has 1 aromatic carbocycles. The third-order valence-corrected chi connectivity index (χ3v) is 2.33. The largest absolute Gasteiger partial charge is 0.387 e. The second-order valence-corrected chi connectivity index (χ2v) is 3.66. The Bertz CT molecular complexity index is 597. The van der Waals surface area contributed by atoms with Crippen LogP contribution in [0.3, 0.4) is 0 Å². The molecule has 0 spiro atoms. The Labute approximate surface area is 101 Å². The SMILES string of the molecule is CC(O)c1cn(-c2cc([N+](=O)[O-])ccc2F)nn1. The van der Waals surface area contributed by atoms with E-state index in [1.54, 1.807) is 0 Å². The van der Waals surface area contributed by atoms with Gasteiger partial charge in [-0.25, -0.2) is 9.07 Å². The summed E-state index contributed by atoms with van der Waals surface area (Å²) in [5.74, 6) is -0.664. The van der Waals surface area contributed by atoms with Crippen LogP contribution < -0.4 is 0 Å². The van der Waals surface area contributed by atoms with Crippen LogP contribution in [-0.4, -0.2) is 25.0 Å². The topological polar surface area (TPSA) is 94.1 Å². The average molecular weight is 252 g/mol. The van der Waals surface area contributed by atoms with Crippen LogP contribution in [0, 0.1) is 15.9 Å². The minimum absolute atomic E-state index is 0.0939. The molecule has 1 atom stereocenters. The van der Waals surface area contributed by atoms with Gasteiger partial charge in [-0.2, -0.15) is 0 Å². The van der Waals surface area contributed by atoms with E-state index >= 15 is 0 Å². The van der Waals surface area contributed by atoms with Crippen LogP contribution in [0.4, 0.5) is 10.1 Å². The first-order chi connectivity index (χ1) is 8.49. The Morgan fingerprint density at radius 2 is 2.28 bits per heavy atom. The molecule has 2 aromatic rings. The van der Waals surface area contributed by atoms with Gasteiger partial charge in [0, 0.05) is 12.1 Å². The maximum absolute atomic E-state index is 13.6. The number of non-ortho nitro benzene ring substituents is 1. The summed E-state index contributed by atoms with van der Waals surface area (Å²) in [4.78, 5) is 9.98. The number of nitrogens with zero attached hydrogens (tertiary/aromatic N) is 4. The maximum atomic E-state index is 13.6. The molecule has 2 rings (SSSR count). The van der Waals surface area contributed by atoms with Gasteiger partial charge in [0.25, 0.3) is 5.69 Å². The molecule has 0 aliphatic heterocycles. The highest BCUT2D eigenvalue weighted by atomic mass is 19.1. The van der Waals surface area contributed by atoms with E-state index in [0.29, 0.717) is 0 Å². The number of hydrogen-bond donors (Lipinski definition) is 1. The van der Waals surface area contributed by atoms with Gasteiger partial charge in [-0.15, -0.1) is 5.10 Å². The van der Waals surface area contributed by atoms with Crippen molar-refractivity contribution in [1.29, 1.82) is 0 Å². The zero-order valence-corrected chi connectivity index (χ0v) is 9.32. The fourth-order valence-corrected chi connectivity index (χ4v) is 1.38. The molecular formula is C10H9FN4O3. The molecule has 0 radical (unpaired) electrons. The van der Waals surface area contributed by atoms with Crippen molar-refractivity contribution in [3.05, 3.63) is 46.0 Å². The predicted molar refractivity (Wildman–Crippen MR) is 58.6 cm³/mol. The monoisotopic (exact) mass is 252 g/mol. The number of aliphatic hydroxyl groups excluding tert-OH is 1. The van der Waals surface area contributed by atoms with Crippen LogP contribution in [0.25, 0.3) is 5.69 Å². The number of aliphatic hydroxyl groups is 1. The highest BCUT2D eigenvalue weighted by Crippen LogP contribution is 2.20. The molecule has 7 nitrogen and oxygen atoms in total. The van der Waals surface area contributed by atoms with Gasteiger partial charge >= 0.3 is 0 Å². The van der Waals surface area contributed by atoms with Crippen LogP contribution in [0.15, 0.2) is 24.4 Å². The van der Waals surface area contributed by atoms with Gasteiger partial charge in [-0.05, 0) is 13.0 Å². The summed E-state index contributed by atoms with van der Waals surface area (Å²) in [5.41, 5.74) is -0.0926. The van der Waals surface area contributed by atoms with Gasteiger partial charge in [0.2, 0.25) is 0 Å². The van der Waals surface area contributed by atoms with E-state index in [2.05, 4.69) is 10.3 Å². The number of nitro benzene ring substituents is 1. The lowest BCUT2D eigenvalue weighted by Gasteiger charge is -2.01. The number of benzene rings is 1. The number of nitro groups is 1. The van der Waals surface area contributed by atoms with Crippen molar-refractivity contribution in [3.63, 3.8) is 0 Å². The Morgan fingerprint density at radius 1 is 1.56 bits per heavy atom. The molecule has 0 aliphatic rings. The zero-order valence-electron chi connectivity index (χ0n) is 9.32. The summed E-state index contributed by atoms with van der Waals surface area (Å²) in [6.45, 7) is 1.48. The lowest BCUT2D eigenvalue weighted by molar-refractivity contribution is -0.384. The lowest BCUT2D eigenvalue weighted by atomic mass is 10.2. The smallest absolute Gasteiger partial charge is 0.271 e. The minimum Gasteiger partial charge on any atom is -0.387 e. The fraction of sp³-hybridized carbons (Fsp3) is 0.200. The number of rotatable bonds is 3. The molecule has 0 bridgehead atoms. The number of halogens is 1. The second kappa shape index (κ2) is 4.49. The van der Waals surface area contributed by atoms with Crippen LogP contribution >= 0.6 is 0 Å². The predicted octanol–water partition coefficient (Wildman–Crippen LogP) is 1.37. The van der Waals surface area contributed by atoms with Crippen molar-refractivity contribution >= 4 is 5.69 Å². The van der Waals surface area contributed by atoms with E-state index in [1.807, 2.05) is 0 Å². The van der Waals surface area contributed by atoms with Gasteiger partial charge < -0.3 is 5.11 Å². The normalized spacial score (nSPS) is 12.4. The van der Waals surface area contributed by atoms with Crippen LogP contribution in [0.1, 0.15) is 18.7 Å². The van der Waals surface area contributed by atoms with Gasteiger partial charge in [-0.1, -0.05) is 5.21 Å². The molecule has 1 unspecified atom stereocenters. The molecule has 1 heterocycles. The van der Waals surface area contributed by atoms with Crippen LogP contribution in [-0.2, 0) is 0 Å². The highest BCUT2D eigenvalue weighted by Gasteiger charge is 2.15. The van der Waals surface area contributed by atoms with Crippen LogP contribution in [0.5, 0.6) is 0 Å². The molecule has 1 N–H and O–H groups in total. The first kappa shape index (κ1) is 12.1. The van der Waals surface area contributed by atoms with Crippen molar-refractivity contribution in [1.82, 2.24) is 15.0 Å². The molecular weight excluding hydrogens is 243 g/mol. The van der Waals surface area contributed by atoms with E-state index in [-0.39, 0.29) is 17.1 Å². The van der Waals surface area contributed by atoms with E-state index in [4.69, 9.17) is 0 Å². The summed E-state index contributed by atoms with van der Waals surface area (Å²) in [6, 6.07) is 3.10. The molecule has 1 aromatic heterocycles. The fourth-order valence-electron chi connectivity index (χ4n) is 1.38. The van der Waals surface area contributed by atoms with E-state index in [9.17, 15) is 19.6 Å². The van der Waals surface area contributed by atoms with Crippen LogP contribution in [0.2, 0.25) is 0 Å². The van der Waals surface area contributed by atoms with Crippen molar-refractivity contribution < 1.29 is 14.4 Å². The molecule has 0 amide bonds. The molecule has 94 valence electrons. The first-order valence-electron chi connectivity index (χ1n) is 5.03. The molecule has 8 heteroatoms. The summed E-state index contributed by atoms with van der Waals surface area (Å²) in [6.07, 6.45) is 0.466. The molecule has 0 fully saturated rings. The summed E-state index contributed by atoms with van der Waals surface area (Å²) >= 11 is 0. The Hall–Kier alpha value is -2.35. The summed E-state index contributed by atoms with van der Waals surface area (Å²) < 4.78 is 14.6. The Kier molecular flexibility index (Phi) is 3.02. The van der Waals surface area contributed by atoms with E-state index in [1.165, 1.54) is 13.1 Å². The Morgan fingerprint density at radius 3 is 2.83 bits per heavy atom. The third kappa shape index (κ3) is 2.18. The quantitative estimate of drug-likeness (QED) is 0.657. The minimum atomic E-state index is -0.847. The van der Waals surface area contributed by atoms with Crippen molar-refractivity contribution in [3.8, 4) is 5.69 Å². The number of hydrogen-bond acceptors (Lipinski definition) is 5. The number of aromatic nitrogens is 3. The molecule has 18 heavy (non-hydrogen) atoms. The molecule has 0 saturated heterocycles. The van der Waals surface area contributed by atoms with Gasteiger partial charge in [-0.3, -0.25) is 10.1 Å². The zero-order chi connectivity index (χ0) is 13.3. The first-order valence-corrected chi connectivity index (χ1v) is 5.03. The van der Waals surface area contributed by atoms with E-state index in [0.717, 1.165) is 22.9 Å². The second-order valence-electron chi connectivity index (χ2n) is 3.66. The van der Waals surface area contributed by atoms with Crippen molar-refractivity contribution in [2.45, 2.75) is 13.0 Å². The third-order valence-electron chi connectivity index (χ3n) is 2.33.